The maximum absolute atomic E-state index is 12.7. The lowest BCUT2D eigenvalue weighted by Crippen LogP contribution is -2.29. The number of unbranched alkanes of at least 4 members (excludes halogenated alkanes) is 6. The van der Waals surface area contributed by atoms with Crippen molar-refractivity contribution < 1.29 is 52.9 Å². The zero-order valence-corrected chi connectivity index (χ0v) is 37.4. The smallest absolute Gasteiger partial charge is 0.462 e. The highest BCUT2D eigenvalue weighted by Crippen LogP contribution is 2.43. The average Bonchev–Trinajstić information content (AvgIpc) is 3.49. The van der Waals surface area contributed by atoms with Crippen LogP contribution in [0.5, 0.6) is 0 Å². The second-order valence-electron chi connectivity index (χ2n) is 15.1. The maximum atomic E-state index is 12.7. The molecule has 13 heteroatoms. The zero-order valence-electron chi connectivity index (χ0n) is 36.5. The summed E-state index contributed by atoms with van der Waals surface area (Å²) in [5.41, 5.74) is 5.34. The molecule has 1 rings (SSSR count). The van der Waals surface area contributed by atoms with Crippen LogP contribution in [0.3, 0.4) is 0 Å². The van der Waals surface area contributed by atoms with Gasteiger partial charge in [0, 0.05) is 31.7 Å². The molecular formula is C47H78NO11P. The molecule has 1 unspecified atom stereocenters. The Morgan fingerprint density at radius 3 is 2.00 bits per heavy atom. The minimum atomic E-state index is -4.46. The number of aliphatic hydroxyl groups excluding tert-OH is 3. The molecule has 1 saturated carbocycles. The number of aliphatic hydroxyl groups is 3. The van der Waals surface area contributed by atoms with Crippen LogP contribution in [-0.2, 0) is 32.7 Å². The van der Waals surface area contributed by atoms with Crippen molar-refractivity contribution in [2.75, 3.05) is 26.4 Å². The molecule has 1 aliphatic carbocycles. The molecule has 0 amide bonds. The predicted molar refractivity (Wildman–Crippen MR) is 240 cm³/mol. The summed E-state index contributed by atoms with van der Waals surface area (Å²) >= 11 is 0. The van der Waals surface area contributed by atoms with E-state index in [1.165, 1.54) is 0 Å². The quantitative estimate of drug-likeness (QED) is 0.0174. The average molecular weight is 864 g/mol. The maximum Gasteiger partial charge on any atom is 0.472 e. The SMILES string of the molecule is CC/C=C\C/C=C\C/C=C\C/C=C\C/C=C\CCCCCC(=O)OC[C@H](COP(=O)(O)OCCN)OC(=O)CCC/C=C/C[C@@H]1[C@@H](/C=C/[C@@H](O)CCCCC)[C@H](O)C[C@@H]1O. The number of phosphoric acid groups is 1. The van der Waals surface area contributed by atoms with E-state index in [0.29, 0.717) is 32.1 Å². The summed E-state index contributed by atoms with van der Waals surface area (Å²) in [4.78, 5) is 35.1. The minimum absolute atomic E-state index is 0.00481. The molecule has 6 N–H and O–H groups in total. The molecule has 0 heterocycles. The molecule has 0 radical (unpaired) electrons. The number of esters is 2. The highest BCUT2D eigenvalue weighted by Gasteiger charge is 2.39. The molecule has 1 fully saturated rings. The summed E-state index contributed by atoms with van der Waals surface area (Å²) in [7, 11) is -4.46. The van der Waals surface area contributed by atoms with Gasteiger partial charge in [-0.2, -0.15) is 0 Å². The lowest BCUT2D eigenvalue weighted by molar-refractivity contribution is -0.161. The van der Waals surface area contributed by atoms with Gasteiger partial charge in [-0.05, 0) is 83.0 Å². The Kier molecular flexibility index (Phi) is 33.7. The Morgan fingerprint density at radius 1 is 0.733 bits per heavy atom. The van der Waals surface area contributed by atoms with Crippen LogP contribution in [-0.4, -0.2) is 82.9 Å². The van der Waals surface area contributed by atoms with Crippen molar-refractivity contribution in [3.05, 3.63) is 85.1 Å². The topological polar surface area (TPSA) is 195 Å². The van der Waals surface area contributed by atoms with E-state index in [9.17, 15) is 34.4 Å². The van der Waals surface area contributed by atoms with Crippen molar-refractivity contribution in [2.24, 2.45) is 17.6 Å². The molecule has 7 atom stereocenters. The van der Waals surface area contributed by atoms with Gasteiger partial charge in [0.2, 0.25) is 0 Å². The molecule has 60 heavy (non-hydrogen) atoms. The van der Waals surface area contributed by atoms with Crippen molar-refractivity contribution >= 4 is 19.8 Å². The first-order valence-corrected chi connectivity index (χ1v) is 23.8. The standard InChI is InChI=1S/C47H78NO11P/c1-3-5-7-8-9-10-11-12-13-14-15-16-17-18-19-20-21-22-27-31-46(52)56-38-41(39-58-60(54,55)57-36-35-48)59-47(53)32-28-24-23-26-30-42-43(45(51)37-44(42)50)34-33-40(49)29-25-6-4-2/h5,7,9-10,12-13,15-16,18-19,23,26,33-34,40-45,49-51H,3-4,6,8,11,14,17,20-22,24-25,27-32,35-39,48H2,1-2H3,(H,54,55)/b7-5-,10-9-,13-12-,16-15-,19-18-,26-23+,34-33+/t40-,41+,42+,43+,44-,45+/m0/s1. The highest BCUT2D eigenvalue weighted by molar-refractivity contribution is 7.47. The largest absolute Gasteiger partial charge is 0.472 e. The molecule has 0 bridgehead atoms. The second kappa shape index (κ2) is 36.7. The summed E-state index contributed by atoms with van der Waals surface area (Å²) in [5, 5.41) is 31.3. The Bertz CT molecular complexity index is 1370. The third kappa shape index (κ3) is 30.2. The molecule has 0 aromatic heterocycles. The fraction of sp³-hybridized carbons (Fsp3) is 0.660. The Morgan fingerprint density at radius 2 is 1.35 bits per heavy atom. The zero-order chi connectivity index (χ0) is 44.1. The van der Waals surface area contributed by atoms with E-state index in [0.717, 1.165) is 70.6 Å². The summed E-state index contributed by atoms with van der Waals surface area (Å²) in [6.45, 7) is 3.17. The molecule has 0 spiro atoms. The lowest BCUT2D eigenvalue weighted by atomic mass is 9.89. The third-order valence-corrected chi connectivity index (χ3v) is 10.8. The first-order chi connectivity index (χ1) is 29.0. The van der Waals surface area contributed by atoms with Gasteiger partial charge in [0.1, 0.15) is 6.61 Å². The van der Waals surface area contributed by atoms with E-state index < -0.39 is 50.8 Å². The van der Waals surface area contributed by atoms with E-state index >= 15 is 0 Å². The highest BCUT2D eigenvalue weighted by atomic mass is 31.2. The van der Waals surface area contributed by atoms with Crippen LogP contribution in [0.25, 0.3) is 0 Å². The van der Waals surface area contributed by atoms with E-state index in [2.05, 4.69) is 74.6 Å². The minimum Gasteiger partial charge on any atom is -0.462 e. The fourth-order valence-electron chi connectivity index (χ4n) is 6.48. The van der Waals surface area contributed by atoms with Gasteiger partial charge < -0.3 is 35.4 Å². The molecule has 1 aliphatic rings. The van der Waals surface area contributed by atoms with Crippen molar-refractivity contribution in [2.45, 2.75) is 160 Å². The van der Waals surface area contributed by atoms with Crippen LogP contribution in [0, 0.1) is 11.8 Å². The van der Waals surface area contributed by atoms with Gasteiger partial charge in [0.05, 0.1) is 31.5 Å². The van der Waals surface area contributed by atoms with Crippen molar-refractivity contribution in [1.29, 1.82) is 0 Å². The molecule has 342 valence electrons. The molecule has 0 aliphatic heterocycles. The van der Waals surface area contributed by atoms with E-state index in [1.54, 1.807) is 6.08 Å². The van der Waals surface area contributed by atoms with Gasteiger partial charge in [0.15, 0.2) is 6.10 Å². The van der Waals surface area contributed by atoms with Crippen molar-refractivity contribution in [1.82, 2.24) is 0 Å². The van der Waals surface area contributed by atoms with Gasteiger partial charge in [0.25, 0.3) is 0 Å². The number of carbonyl (C=O) groups excluding carboxylic acids is 2. The Balaban J connectivity index is 2.42. The molecule has 12 nitrogen and oxygen atoms in total. The summed E-state index contributed by atoms with van der Waals surface area (Å²) in [6, 6.07) is 0. The molecule has 0 aromatic rings. The number of hydrogen-bond donors (Lipinski definition) is 5. The number of carbonyl (C=O) groups is 2. The summed E-state index contributed by atoms with van der Waals surface area (Å²) in [5.74, 6) is -1.50. The van der Waals surface area contributed by atoms with E-state index in [-0.39, 0.29) is 50.9 Å². The van der Waals surface area contributed by atoms with Crippen LogP contribution in [0.1, 0.15) is 136 Å². The van der Waals surface area contributed by atoms with Crippen LogP contribution in [0.4, 0.5) is 0 Å². The van der Waals surface area contributed by atoms with Crippen LogP contribution >= 0.6 is 7.82 Å². The van der Waals surface area contributed by atoms with Crippen LogP contribution in [0.2, 0.25) is 0 Å². The molecule has 0 aromatic carbocycles. The van der Waals surface area contributed by atoms with Gasteiger partial charge >= 0.3 is 19.8 Å². The van der Waals surface area contributed by atoms with Crippen molar-refractivity contribution in [3.63, 3.8) is 0 Å². The van der Waals surface area contributed by atoms with Gasteiger partial charge in [-0.1, -0.05) is 125 Å². The lowest BCUT2D eigenvalue weighted by Gasteiger charge is -2.20. The monoisotopic (exact) mass is 864 g/mol. The molecule has 0 saturated heterocycles. The van der Waals surface area contributed by atoms with Gasteiger partial charge in [-0.3, -0.25) is 18.6 Å². The van der Waals surface area contributed by atoms with Crippen molar-refractivity contribution in [3.8, 4) is 0 Å². The number of ether oxygens (including phenoxy) is 2. The van der Waals surface area contributed by atoms with Crippen LogP contribution in [0.15, 0.2) is 85.1 Å². The predicted octanol–water partition coefficient (Wildman–Crippen LogP) is 9.21. The fourth-order valence-corrected chi connectivity index (χ4v) is 7.24. The Labute approximate surface area is 361 Å². The number of rotatable bonds is 36. The van der Waals surface area contributed by atoms with E-state index in [1.807, 2.05) is 18.2 Å². The normalized spacial score (nSPS) is 20.9. The number of hydrogen-bond acceptors (Lipinski definition) is 11. The number of allylic oxidation sites excluding steroid dienone is 12. The van der Waals surface area contributed by atoms with Crippen LogP contribution < -0.4 is 5.73 Å². The molecular weight excluding hydrogens is 785 g/mol. The van der Waals surface area contributed by atoms with Gasteiger partial charge in [-0.25, -0.2) is 4.57 Å². The number of phosphoric ester groups is 1. The number of nitrogens with two attached hydrogens (primary N) is 1. The Hall–Kier alpha value is -2.93. The summed E-state index contributed by atoms with van der Waals surface area (Å²) < 4.78 is 32.7. The third-order valence-electron chi connectivity index (χ3n) is 9.83. The summed E-state index contributed by atoms with van der Waals surface area (Å²) in [6.07, 6.45) is 39.9. The second-order valence-corrected chi connectivity index (χ2v) is 16.6. The van der Waals surface area contributed by atoms with E-state index in [4.69, 9.17) is 24.3 Å². The van der Waals surface area contributed by atoms with Gasteiger partial charge in [-0.15, -0.1) is 0 Å². The first kappa shape index (κ1) is 55.1. The first-order valence-electron chi connectivity index (χ1n) is 22.3.